The van der Waals surface area contributed by atoms with Crippen molar-refractivity contribution < 1.29 is 19.0 Å². The number of hydrogen-bond donors (Lipinski definition) is 1. The van der Waals surface area contributed by atoms with Gasteiger partial charge in [-0.05, 0) is 68.0 Å². The number of aryl methyl sites for hydroxylation is 2. The normalized spacial score (nSPS) is 20.4. The summed E-state index contributed by atoms with van der Waals surface area (Å²) < 4.78 is 21.0. The summed E-state index contributed by atoms with van der Waals surface area (Å²) in [5.74, 6) is 0.0763. The maximum atomic E-state index is 13.4. The summed E-state index contributed by atoms with van der Waals surface area (Å²) in [6.07, 6.45) is 0.189. The highest BCUT2D eigenvalue weighted by Gasteiger charge is 2.44. The van der Waals surface area contributed by atoms with Gasteiger partial charge in [-0.2, -0.15) is 0 Å². The topological polar surface area (TPSA) is 71.8 Å². The first-order chi connectivity index (χ1) is 16.6. The van der Waals surface area contributed by atoms with Gasteiger partial charge in [0.15, 0.2) is 0 Å². The molecule has 1 aromatic heterocycles. The largest absolute Gasteiger partial charge is 0.486 e. The molecule has 7 heteroatoms. The molecule has 1 fully saturated rings. The molecule has 0 aliphatic carbocycles. The standard InChI is InChI=1S/C28H33FN2O4/c1-18(2)15-28(34)12-13-30(16-24(28)35-22-10-8-21(29)9-11-22)26(33)17-31-25(32)14-20(4)23-7-5-6-19(3)27(23)31/h5-11,14,18,24,34H,12-13,15-17H2,1-4H3/t24-,28+/m0/s1. The lowest BCUT2D eigenvalue weighted by atomic mass is 9.81. The Morgan fingerprint density at radius 3 is 2.57 bits per heavy atom. The number of pyridine rings is 1. The van der Waals surface area contributed by atoms with Gasteiger partial charge in [0.2, 0.25) is 5.91 Å². The second-order valence-electron chi connectivity index (χ2n) is 10.1. The SMILES string of the molecule is Cc1cc(=O)n(CC(=O)N2CC[C@@](O)(CC(C)C)[C@@H](Oc3ccc(F)cc3)C2)c2c(C)cccc12. The zero-order valence-corrected chi connectivity index (χ0v) is 20.8. The number of halogens is 1. The van der Waals surface area contributed by atoms with Crippen LogP contribution in [-0.2, 0) is 11.3 Å². The van der Waals surface area contributed by atoms with Crippen LogP contribution >= 0.6 is 0 Å². The molecule has 1 N–H and O–H groups in total. The van der Waals surface area contributed by atoms with E-state index >= 15 is 0 Å². The summed E-state index contributed by atoms with van der Waals surface area (Å²) in [6.45, 7) is 8.34. The van der Waals surface area contributed by atoms with Crippen molar-refractivity contribution in [2.45, 2.75) is 58.8 Å². The number of para-hydroxylation sites is 1. The highest BCUT2D eigenvalue weighted by Crippen LogP contribution is 2.33. The molecule has 1 amide bonds. The van der Waals surface area contributed by atoms with Crippen LogP contribution in [0, 0.1) is 25.6 Å². The van der Waals surface area contributed by atoms with E-state index in [4.69, 9.17) is 4.74 Å². The third kappa shape index (κ3) is 5.25. The Balaban J connectivity index is 1.60. The number of carbonyl (C=O) groups is 1. The zero-order valence-electron chi connectivity index (χ0n) is 20.8. The predicted molar refractivity (Wildman–Crippen MR) is 134 cm³/mol. The smallest absolute Gasteiger partial charge is 0.251 e. The van der Waals surface area contributed by atoms with E-state index in [1.54, 1.807) is 11.0 Å². The Morgan fingerprint density at radius 2 is 1.89 bits per heavy atom. The summed E-state index contributed by atoms with van der Waals surface area (Å²) in [4.78, 5) is 27.9. The molecule has 1 aliphatic rings. The van der Waals surface area contributed by atoms with Crippen molar-refractivity contribution in [3.63, 3.8) is 0 Å². The molecule has 3 aromatic rings. The molecule has 0 unspecified atom stereocenters. The molecule has 4 rings (SSSR count). The zero-order chi connectivity index (χ0) is 25.3. The number of piperidine rings is 1. The molecule has 2 atom stereocenters. The van der Waals surface area contributed by atoms with Crippen LogP contribution in [0.2, 0.25) is 0 Å². The van der Waals surface area contributed by atoms with Crippen molar-refractivity contribution in [3.05, 3.63) is 75.8 Å². The summed E-state index contributed by atoms with van der Waals surface area (Å²) in [7, 11) is 0. The van der Waals surface area contributed by atoms with Crippen LogP contribution in [0.15, 0.2) is 53.3 Å². The van der Waals surface area contributed by atoms with Crippen LogP contribution in [0.3, 0.4) is 0 Å². The van der Waals surface area contributed by atoms with Crippen LogP contribution in [0.5, 0.6) is 5.75 Å². The van der Waals surface area contributed by atoms with E-state index in [1.165, 1.54) is 28.8 Å². The van der Waals surface area contributed by atoms with E-state index in [9.17, 15) is 19.1 Å². The molecule has 1 aliphatic heterocycles. The van der Waals surface area contributed by atoms with Gasteiger partial charge < -0.3 is 14.7 Å². The summed E-state index contributed by atoms with van der Waals surface area (Å²) in [5.41, 5.74) is 1.23. The van der Waals surface area contributed by atoms with E-state index in [0.717, 1.165) is 22.0 Å². The fraction of sp³-hybridized carbons (Fsp3) is 0.429. The highest BCUT2D eigenvalue weighted by atomic mass is 19.1. The van der Waals surface area contributed by atoms with Crippen LogP contribution in [-0.4, -0.2) is 45.3 Å². The highest BCUT2D eigenvalue weighted by molar-refractivity contribution is 5.87. The van der Waals surface area contributed by atoms with Crippen molar-refractivity contribution in [1.29, 1.82) is 0 Å². The molecule has 0 bridgehead atoms. The van der Waals surface area contributed by atoms with E-state index in [2.05, 4.69) is 0 Å². The Kier molecular flexibility index (Phi) is 6.99. The number of nitrogens with zero attached hydrogens (tertiary/aromatic N) is 2. The van der Waals surface area contributed by atoms with Gasteiger partial charge in [0.05, 0.1) is 12.1 Å². The maximum absolute atomic E-state index is 13.4. The van der Waals surface area contributed by atoms with E-state index < -0.39 is 11.7 Å². The van der Waals surface area contributed by atoms with E-state index in [0.29, 0.717) is 25.1 Å². The van der Waals surface area contributed by atoms with Gasteiger partial charge in [-0.25, -0.2) is 4.39 Å². The number of carbonyl (C=O) groups excluding carboxylic acids is 1. The molecule has 0 saturated carbocycles. The minimum absolute atomic E-state index is 0.0909. The first-order valence-electron chi connectivity index (χ1n) is 12.1. The van der Waals surface area contributed by atoms with Crippen molar-refractivity contribution in [2.24, 2.45) is 5.92 Å². The molecule has 6 nitrogen and oxygen atoms in total. The third-order valence-electron chi connectivity index (χ3n) is 6.84. The van der Waals surface area contributed by atoms with Gasteiger partial charge in [0.25, 0.3) is 5.56 Å². The van der Waals surface area contributed by atoms with Crippen molar-refractivity contribution in [3.8, 4) is 5.75 Å². The first-order valence-corrected chi connectivity index (χ1v) is 12.1. The summed E-state index contributed by atoms with van der Waals surface area (Å²) in [5, 5.41) is 12.4. The average molecular weight is 481 g/mol. The van der Waals surface area contributed by atoms with Gasteiger partial charge in [-0.3, -0.25) is 14.2 Å². The molecule has 0 spiro atoms. The lowest BCUT2D eigenvalue weighted by Crippen LogP contribution is -2.60. The number of aliphatic hydroxyl groups is 1. The van der Waals surface area contributed by atoms with Gasteiger partial charge in [-0.1, -0.05) is 32.0 Å². The Labute approximate surface area is 204 Å². The van der Waals surface area contributed by atoms with Crippen LogP contribution < -0.4 is 10.3 Å². The monoisotopic (exact) mass is 480 g/mol. The fourth-order valence-electron chi connectivity index (χ4n) is 5.12. The summed E-state index contributed by atoms with van der Waals surface area (Å²) >= 11 is 0. The van der Waals surface area contributed by atoms with E-state index in [-0.39, 0.29) is 36.3 Å². The minimum atomic E-state index is -1.12. The number of amides is 1. The van der Waals surface area contributed by atoms with Crippen LogP contribution in [0.25, 0.3) is 10.9 Å². The van der Waals surface area contributed by atoms with Crippen molar-refractivity contribution >= 4 is 16.8 Å². The second kappa shape index (κ2) is 9.82. The fourth-order valence-corrected chi connectivity index (χ4v) is 5.12. The number of likely N-dealkylation sites (tertiary alicyclic amines) is 1. The van der Waals surface area contributed by atoms with Gasteiger partial charge in [-0.15, -0.1) is 0 Å². The number of ether oxygens (including phenoxy) is 1. The summed E-state index contributed by atoms with van der Waals surface area (Å²) in [6, 6.07) is 13.0. The third-order valence-corrected chi connectivity index (χ3v) is 6.84. The Hall–Kier alpha value is -3.19. The first kappa shape index (κ1) is 24.9. The second-order valence-corrected chi connectivity index (χ2v) is 10.1. The molecule has 2 heterocycles. The van der Waals surface area contributed by atoms with Crippen LogP contribution in [0.1, 0.15) is 37.8 Å². The molecular weight excluding hydrogens is 447 g/mol. The van der Waals surface area contributed by atoms with Crippen molar-refractivity contribution in [2.75, 3.05) is 13.1 Å². The molecular formula is C28H33FN2O4. The van der Waals surface area contributed by atoms with Gasteiger partial charge in [0, 0.05) is 18.0 Å². The number of fused-ring (bicyclic) bond motifs is 1. The molecule has 35 heavy (non-hydrogen) atoms. The molecule has 1 saturated heterocycles. The molecule has 2 aromatic carbocycles. The molecule has 186 valence electrons. The number of aromatic nitrogens is 1. The van der Waals surface area contributed by atoms with Crippen LogP contribution in [0.4, 0.5) is 4.39 Å². The quantitative estimate of drug-likeness (QED) is 0.574. The number of rotatable bonds is 6. The Bertz CT molecular complexity index is 1280. The Morgan fingerprint density at radius 1 is 1.17 bits per heavy atom. The van der Waals surface area contributed by atoms with Gasteiger partial charge >= 0.3 is 0 Å². The molecule has 0 radical (unpaired) electrons. The van der Waals surface area contributed by atoms with E-state index in [1.807, 2.05) is 45.9 Å². The predicted octanol–water partition coefficient (Wildman–Crippen LogP) is 4.21. The number of hydrogen-bond acceptors (Lipinski definition) is 4. The average Bonchev–Trinajstić information content (AvgIpc) is 2.79. The lowest BCUT2D eigenvalue weighted by molar-refractivity contribution is -0.149. The lowest BCUT2D eigenvalue weighted by Gasteiger charge is -2.45. The van der Waals surface area contributed by atoms with Crippen molar-refractivity contribution in [1.82, 2.24) is 9.47 Å². The number of benzene rings is 2. The van der Waals surface area contributed by atoms with Gasteiger partial charge in [0.1, 0.15) is 29.8 Å². The maximum Gasteiger partial charge on any atom is 0.251 e. The minimum Gasteiger partial charge on any atom is -0.486 e.